The molecule has 6 nitrogen and oxygen atoms in total. The maximum Gasteiger partial charge on any atom is 0.258 e. The van der Waals surface area contributed by atoms with Crippen molar-refractivity contribution >= 4 is 28.9 Å². The number of hydrogen-bond acceptors (Lipinski definition) is 4. The molecule has 7 heteroatoms. The largest absolute Gasteiger partial charge is 0.494 e. The summed E-state index contributed by atoms with van der Waals surface area (Å²) in [6.07, 6.45) is 6.13. The Labute approximate surface area is 164 Å². The van der Waals surface area contributed by atoms with Crippen LogP contribution in [0.15, 0.2) is 47.4 Å². The van der Waals surface area contributed by atoms with Gasteiger partial charge in [0.25, 0.3) is 5.91 Å². The van der Waals surface area contributed by atoms with Crippen molar-refractivity contribution in [1.82, 2.24) is 9.88 Å². The third-order valence-corrected chi connectivity index (χ3v) is 4.16. The molecule has 0 bridgehead atoms. The van der Waals surface area contributed by atoms with Crippen LogP contribution in [0.5, 0.6) is 5.75 Å². The number of rotatable bonds is 8. The molecule has 0 aliphatic heterocycles. The SMILES string of the molecule is CCCCCCOc1ccc(NC(=S)NC(=O)c2ccc(=O)n(C)c2)cc1. The molecule has 1 amide bonds. The molecule has 0 unspecified atom stereocenters. The second-order valence-electron chi connectivity index (χ2n) is 6.21. The Balaban J connectivity index is 1.82. The highest BCUT2D eigenvalue weighted by Gasteiger charge is 2.09. The van der Waals surface area contributed by atoms with Crippen molar-refractivity contribution in [3.05, 3.63) is 58.5 Å². The van der Waals surface area contributed by atoms with Gasteiger partial charge in [-0.3, -0.25) is 14.9 Å². The predicted octanol–water partition coefficient (Wildman–Crippen LogP) is 3.47. The minimum Gasteiger partial charge on any atom is -0.494 e. The van der Waals surface area contributed by atoms with Crippen molar-refractivity contribution in [3.63, 3.8) is 0 Å². The van der Waals surface area contributed by atoms with Gasteiger partial charge in [-0.1, -0.05) is 26.2 Å². The smallest absolute Gasteiger partial charge is 0.258 e. The number of carbonyl (C=O) groups is 1. The number of amides is 1. The highest BCUT2D eigenvalue weighted by Crippen LogP contribution is 2.16. The quantitative estimate of drug-likeness (QED) is 0.536. The molecule has 0 saturated heterocycles. The topological polar surface area (TPSA) is 72.4 Å². The molecule has 2 rings (SSSR count). The lowest BCUT2D eigenvalue weighted by atomic mass is 10.2. The number of benzene rings is 1. The van der Waals surface area contributed by atoms with Gasteiger partial charge < -0.3 is 14.6 Å². The van der Waals surface area contributed by atoms with E-state index in [2.05, 4.69) is 17.6 Å². The van der Waals surface area contributed by atoms with E-state index in [1.165, 1.54) is 42.2 Å². The van der Waals surface area contributed by atoms with E-state index < -0.39 is 0 Å². The van der Waals surface area contributed by atoms with Gasteiger partial charge in [0.1, 0.15) is 5.75 Å². The summed E-state index contributed by atoms with van der Waals surface area (Å²) in [5.41, 5.74) is 0.923. The van der Waals surface area contributed by atoms with Crippen LogP contribution in [-0.2, 0) is 7.05 Å². The number of nitrogens with one attached hydrogen (secondary N) is 2. The summed E-state index contributed by atoms with van der Waals surface area (Å²) in [4.78, 5) is 23.6. The van der Waals surface area contributed by atoms with Crippen LogP contribution in [0.1, 0.15) is 43.0 Å². The first-order chi connectivity index (χ1) is 13.0. The average Bonchev–Trinajstić information content (AvgIpc) is 2.65. The molecule has 0 radical (unpaired) electrons. The average molecular weight is 388 g/mol. The fraction of sp³-hybridized carbons (Fsp3) is 0.350. The van der Waals surface area contributed by atoms with E-state index in [1.807, 2.05) is 24.3 Å². The third-order valence-electron chi connectivity index (χ3n) is 3.95. The molecule has 144 valence electrons. The molecule has 1 aromatic heterocycles. The summed E-state index contributed by atoms with van der Waals surface area (Å²) in [6, 6.07) is 10.2. The number of unbranched alkanes of at least 4 members (excludes halogenated alkanes) is 3. The Hall–Kier alpha value is -2.67. The molecular formula is C20H25N3O3S. The molecule has 1 aromatic carbocycles. The first-order valence-electron chi connectivity index (χ1n) is 9.01. The Morgan fingerprint density at radius 1 is 1.11 bits per heavy atom. The standard InChI is InChI=1S/C20H25N3O3S/c1-3-4-5-6-13-26-17-10-8-16(9-11-17)21-20(27)22-19(25)15-7-12-18(24)23(2)14-15/h7-12,14H,3-6,13H2,1-2H3,(H2,21,22,25,27). The van der Waals surface area contributed by atoms with Crippen LogP contribution < -0.4 is 20.9 Å². The van der Waals surface area contributed by atoms with E-state index in [-0.39, 0.29) is 16.6 Å². The summed E-state index contributed by atoms with van der Waals surface area (Å²) in [7, 11) is 1.59. The molecule has 0 aliphatic carbocycles. The van der Waals surface area contributed by atoms with E-state index in [0.29, 0.717) is 12.2 Å². The number of anilines is 1. The molecule has 0 aliphatic rings. The molecule has 0 spiro atoms. The first kappa shape index (κ1) is 20.6. The molecule has 2 aromatic rings. The first-order valence-corrected chi connectivity index (χ1v) is 9.42. The van der Waals surface area contributed by atoms with E-state index in [0.717, 1.165) is 17.9 Å². The second kappa shape index (κ2) is 10.5. The van der Waals surface area contributed by atoms with Gasteiger partial charge in [-0.2, -0.15) is 0 Å². The molecule has 2 N–H and O–H groups in total. The van der Waals surface area contributed by atoms with Gasteiger partial charge in [-0.05, 0) is 49.0 Å². The summed E-state index contributed by atoms with van der Waals surface area (Å²) < 4.78 is 7.04. The number of thiocarbonyl (C=S) groups is 1. The Morgan fingerprint density at radius 2 is 1.85 bits per heavy atom. The molecule has 0 fully saturated rings. The molecule has 1 heterocycles. The van der Waals surface area contributed by atoms with Gasteiger partial charge in [-0.25, -0.2) is 0 Å². The van der Waals surface area contributed by atoms with E-state index in [9.17, 15) is 9.59 Å². The number of aromatic nitrogens is 1. The van der Waals surface area contributed by atoms with Crippen molar-refractivity contribution in [3.8, 4) is 5.75 Å². The maximum atomic E-state index is 12.2. The highest BCUT2D eigenvalue weighted by molar-refractivity contribution is 7.80. The van der Waals surface area contributed by atoms with Crippen LogP contribution in [0, 0.1) is 0 Å². The Kier molecular flexibility index (Phi) is 8.00. The number of ether oxygens (including phenoxy) is 1. The lowest BCUT2D eigenvalue weighted by Crippen LogP contribution is -2.34. The molecule has 0 atom stereocenters. The van der Waals surface area contributed by atoms with Crippen molar-refractivity contribution in [2.75, 3.05) is 11.9 Å². The molecule has 0 saturated carbocycles. The number of nitrogens with zero attached hydrogens (tertiary/aromatic N) is 1. The molecular weight excluding hydrogens is 362 g/mol. The zero-order valence-corrected chi connectivity index (χ0v) is 16.5. The van der Waals surface area contributed by atoms with Crippen molar-refractivity contribution < 1.29 is 9.53 Å². The van der Waals surface area contributed by atoms with Gasteiger partial charge >= 0.3 is 0 Å². The van der Waals surface area contributed by atoms with E-state index in [4.69, 9.17) is 17.0 Å². The van der Waals surface area contributed by atoms with Crippen LogP contribution in [0.25, 0.3) is 0 Å². The summed E-state index contributed by atoms with van der Waals surface area (Å²) in [6.45, 7) is 2.89. The van der Waals surface area contributed by atoms with Crippen molar-refractivity contribution in [2.45, 2.75) is 32.6 Å². The monoisotopic (exact) mass is 387 g/mol. The maximum absolute atomic E-state index is 12.2. The molecule has 27 heavy (non-hydrogen) atoms. The number of hydrogen-bond donors (Lipinski definition) is 2. The van der Waals surface area contributed by atoms with Crippen LogP contribution in [0.3, 0.4) is 0 Å². The Bertz CT molecular complexity index is 831. The Morgan fingerprint density at radius 3 is 2.52 bits per heavy atom. The second-order valence-corrected chi connectivity index (χ2v) is 6.62. The van der Waals surface area contributed by atoms with Gasteiger partial charge in [0, 0.05) is 25.0 Å². The normalized spacial score (nSPS) is 10.3. The lowest BCUT2D eigenvalue weighted by Gasteiger charge is -2.11. The fourth-order valence-electron chi connectivity index (χ4n) is 2.42. The summed E-state index contributed by atoms with van der Waals surface area (Å²) >= 11 is 5.17. The third kappa shape index (κ3) is 6.86. The highest BCUT2D eigenvalue weighted by atomic mass is 32.1. The summed E-state index contributed by atoms with van der Waals surface area (Å²) in [5, 5.41) is 5.73. The van der Waals surface area contributed by atoms with Gasteiger partial charge in [-0.15, -0.1) is 0 Å². The van der Waals surface area contributed by atoms with Gasteiger partial charge in [0.05, 0.1) is 12.2 Å². The van der Waals surface area contributed by atoms with Crippen LogP contribution >= 0.6 is 12.2 Å². The van der Waals surface area contributed by atoms with Gasteiger partial charge in [0.2, 0.25) is 5.56 Å². The number of aryl methyl sites for hydroxylation is 1. The van der Waals surface area contributed by atoms with Crippen molar-refractivity contribution in [1.29, 1.82) is 0 Å². The fourth-order valence-corrected chi connectivity index (χ4v) is 2.63. The number of carbonyl (C=O) groups excluding carboxylic acids is 1. The predicted molar refractivity (Wildman–Crippen MR) is 111 cm³/mol. The van der Waals surface area contributed by atoms with Crippen molar-refractivity contribution in [2.24, 2.45) is 7.05 Å². The minimum atomic E-state index is -0.380. The van der Waals surface area contributed by atoms with Crippen LogP contribution in [-0.4, -0.2) is 22.2 Å². The van der Waals surface area contributed by atoms with Gasteiger partial charge in [0.15, 0.2) is 5.11 Å². The lowest BCUT2D eigenvalue weighted by molar-refractivity contribution is 0.0977. The zero-order chi connectivity index (χ0) is 19.6. The number of pyridine rings is 1. The zero-order valence-electron chi connectivity index (χ0n) is 15.7. The van der Waals surface area contributed by atoms with Crippen LogP contribution in [0.4, 0.5) is 5.69 Å². The van der Waals surface area contributed by atoms with Crippen LogP contribution in [0.2, 0.25) is 0 Å². The summed E-state index contributed by atoms with van der Waals surface area (Å²) in [5.74, 6) is 0.423. The van der Waals surface area contributed by atoms with E-state index in [1.54, 1.807) is 7.05 Å². The minimum absolute atomic E-state index is 0.181. The van der Waals surface area contributed by atoms with E-state index >= 15 is 0 Å².